The Morgan fingerprint density at radius 2 is 2.05 bits per heavy atom. The zero-order valence-corrected chi connectivity index (χ0v) is 13.3. The van der Waals surface area contributed by atoms with Crippen molar-refractivity contribution in [3.8, 4) is 0 Å². The van der Waals surface area contributed by atoms with Crippen molar-refractivity contribution in [2.75, 3.05) is 0 Å². The first-order valence-corrected chi connectivity index (χ1v) is 7.70. The van der Waals surface area contributed by atoms with Crippen molar-refractivity contribution in [2.24, 2.45) is 5.92 Å². The SMILES string of the molecule is CC1CCc2c(nc3c(Cl)cc(Cl)cc3c2C(=O)O)C1C. The Kier molecular flexibility index (Phi) is 3.58. The van der Waals surface area contributed by atoms with Gasteiger partial charge < -0.3 is 5.11 Å². The van der Waals surface area contributed by atoms with Crippen LogP contribution in [0.3, 0.4) is 0 Å². The van der Waals surface area contributed by atoms with E-state index in [-0.39, 0.29) is 5.92 Å². The summed E-state index contributed by atoms with van der Waals surface area (Å²) in [6.07, 6.45) is 1.70. The maximum Gasteiger partial charge on any atom is 0.336 e. The molecule has 3 nitrogen and oxygen atoms in total. The highest BCUT2D eigenvalue weighted by atomic mass is 35.5. The first kappa shape index (κ1) is 14.6. The lowest BCUT2D eigenvalue weighted by atomic mass is 9.78. The van der Waals surface area contributed by atoms with Gasteiger partial charge in [-0.25, -0.2) is 4.79 Å². The lowest BCUT2D eigenvalue weighted by Crippen LogP contribution is -2.21. The van der Waals surface area contributed by atoms with Crippen LogP contribution in [0.4, 0.5) is 0 Å². The molecule has 1 aromatic carbocycles. The van der Waals surface area contributed by atoms with Gasteiger partial charge in [-0.1, -0.05) is 37.0 Å². The van der Waals surface area contributed by atoms with Gasteiger partial charge in [-0.05, 0) is 36.5 Å². The molecule has 2 aromatic rings. The van der Waals surface area contributed by atoms with Gasteiger partial charge in [0.25, 0.3) is 0 Å². The molecule has 110 valence electrons. The number of fused-ring (bicyclic) bond motifs is 2. The third-order valence-electron chi connectivity index (χ3n) is 4.49. The predicted molar refractivity (Wildman–Crippen MR) is 84.6 cm³/mol. The molecule has 21 heavy (non-hydrogen) atoms. The molecule has 1 aliphatic rings. The van der Waals surface area contributed by atoms with Crippen LogP contribution in [0.15, 0.2) is 12.1 Å². The molecule has 0 bridgehead atoms. The number of benzene rings is 1. The molecular weight excluding hydrogens is 309 g/mol. The first-order valence-electron chi connectivity index (χ1n) is 6.95. The number of carbonyl (C=O) groups is 1. The first-order chi connectivity index (χ1) is 9.90. The monoisotopic (exact) mass is 323 g/mol. The normalized spacial score (nSPS) is 21.3. The maximum atomic E-state index is 11.8. The summed E-state index contributed by atoms with van der Waals surface area (Å²) in [6, 6.07) is 3.25. The van der Waals surface area contributed by atoms with E-state index in [1.807, 2.05) is 0 Å². The van der Waals surface area contributed by atoms with Gasteiger partial charge >= 0.3 is 5.97 Å². The lowest BCUT2D eigenvalue weighted by molar-refractivity contribution is 0.0697. The fraction of sp³-hybridized carbons (Fsp3) is 0.375. The average Bonchev–Trinajstić information content (AvgIpc) is 2.41. The Morgan fingerprint density at radius 3 is 2.71 bits per heavy atom. The smallest absolute Gasteiger partial charge is 0.336 e. The molecule has 0 saturated heterocycles. The minimum absolute atomic E-state index is 0.225. The van der Waals surface area contributed by atoms with Crippen LogP contribution in [0, 0.1) is 5.92 Å². The average molecular weight is 324 g/mol. The number of aromatic nitrogens is 1. The number of rotatable bonds is 1. The van der Waals surface area contributed by atoms with E-state index in [9.17, 15) is 9.90 Å². The summed E-state index contributed by atoms with van der Waals surface area (Å²) in [6.45, 7) is 4.26. The van der Waals surface area contributed by atoms with Crippen LogP contribution in [0.2, 0.25) is 10.0 Å². The van der Waals surface area contributed by atoms with Crippen LogP contribution < -0.4 is 0 Å². The van der Waals surface area contributed by atoms with Gasteiger partial charge in [0.05, 0.1) is 16.1 Å². The van der Waals surface area contributed by atoms with Crippen molar-refractivity contribution in [3.05, 3.63) is 39.0 Å². The second-order valence-electron chi connectivity index (χ2n) is 5.74. The number of carboxylic acid groups (broad SMARTS) is 1. The Balaban J connectivity index is 2.44. The number of halogens is 2. The van der Waals surface area contributed by atoms with Crippen LogP contribution in [0.5, 0.6) is 0 Å². The Morgan fingerprint density at radius 1 is 1.33 bits per heavy atom. The van der Waals surface area contributed by atoms with Gasteiger partial charge in [-0.15, -0.1) is 0 Å². The van der Waals surface area contributed by atoms with Crippen molar-refractivity contribution >= 4 is 40.1 Å². The minimum Gasteiger partial charge on any atom is -0.478 e. The van der Waals surface area contributed by atoms with Gasteiger partial charge in [0, 0.05) is 22.0 Å². The molecule has 1 N–H and O–H groups in total. The second kappa shape index (κ2) is 5.15. The highest BCUT2D eigenvalue weighted by molar-refractivity contribution is 6.38. The van der Waals surface area contributed by atoms with Gasteiger partial charge in [-0.3, -0.25) is 4.98 Å². The molecule has 0 spiro atoms. The van der Waals surface area contributed by atoms with Crippen LogP contribution in [-0.4, -0.2) is 16.1 Å². The summed E-state index contributed by atoms with van der Waals surface area (Å²) in [7, 11) is 0. The van der Waals surface area contributed by atoms with Crippen molar-refractivity contribution < 1.29 is 9.90 Å². The fourth-order valence-electron chi connectivity index (χ4n) is 3.11. The molecule has 5 heteroatoms. The number of hydrogen-bond acceptors (Lipinski definition) is 2. The van der Waals surface area contributed by atoms with E-state index in [1.54, 1.807) is 12.1 Å². The van der Waals surface area contributed by atoms with E-state index < -0.39 is 5.97 Å². The molecule has 2 unspecified atom stereocenters. The van der Waals surface area contributed by atoms with E-state index in [4.69, 9.17) is 23.2 Å². The number of pyridine rings is 1. The number of aromatic carboxylic acids is 1. The number of carboxylic acids is 1. The molecular formula is C16H15Cl2NO2. The molecule has 3 rings (SSSR count). The van der Waals surface area contributed by atoms with E-state index in [0.717, 1.165) is 24.1 Å². The van der Waals surface area contributed by atoms with E-state index in [1.165, 1.54) is 0 Å². The van der Waals surface area contributed by atoms with Gasteiger partial charge in [0.15, 0.2) is 0 Å². The fourth-order valence-corrected chi connectivity index (χ4v) is 3.65. The van der Waals surface area contributed by atoms with Gasteiger partial charge in [0.1, 0.15) is 0 Å². The zero-order chi connectivity index (χ0) is 15.3. The highest BCUT2D eigenvalue weighted by Crippen LogP contribution is 2.40. The molecule has 0 aliphatic heterocycles. The van der Waals surface area contributed by atoms with Crippen molar-refractivity contribution in [2.45, 2.75) is 32.6 Å². The quantitative estimate of drug-likeness (QED) is 0.809. The Bertz CT molecular complexity index is 758. The van der Waals surface area contributed by atoms with E-state index in [0.29, 0.717) is 32.4 Å². The third-order valence-corrected chi connectivity index (χ3v) is 5.00. The summed E-state index contributed by atoms with van der Waals surface area (Å²) >= 11 is 12.3. The molecule has 0 radical (unpaired) electrons. The summed E-state index contributed by atoms with van der Waals surface area (Å²) in [5, 5.41) is 11.0. The van der Waals surface area contributed by atoms with Gasteiger partial charge in [0.2, 0.25) is 0 Å². The highest BCUT2D eigenvalue weighted by Gasteiger charge is 2.30. The predicted octanol–water partition coefficient (Wildman–Crippen LogP) is 4.93. The molecule has 1 aromatic heterocycles. The number of nitrogens with zero attached hydrogens (tertiary/aromatic N) is 1. The Labute approximate surface area is 132 Å². The van der Waals surface area contributed by atoms with Crippen molar-refractivity contribution in [1.29, 1.82) is 0 Å². The van der Waals surface area contributed by atoms with Crippen molar-refractivity contribution in [3.63, 3.8) is 0 Å². The molecule has 0 amide bonds. The summed E-state index contributed by atoms with van der Waals surface area (Å²) in [5.74, 6) is -0.239. The number of hydrogen-bond donors (Lipinski definition) is 1. The largest absolute Gasteiger partial charge is 0.478 e. The topological polar surface area (TPSA) is 50.2 Å². The summed E-state index contributed by atoms with van der Waals surface area (Å²) < 4.78 is 0. The molecule has 1 aliphatic carbocycles. The van der Waals surface area contributed by atoms with Crippen LogP contribution in [0.25, 0.3) is 10.9 Å². The standard InChI is InChI=1S/C16H15Cl2NO2/c1-7-3-4-10-13(16(20)21)11-5-9(17)6-12(18)15(11)19-14(10)8(7)2/h5-8H,3-4H2,1-2H3,(H,20,21). The second-order valence-corrected chi connectivity index (χ2v) is 6.59. The Hall–Kier alpha value is -1.32. The van der Waals surface area contributed by atoms with Crippen molar-refractivity contribution in [1.82, 2.24) is 4.98 Å². The van der Waals surface area contributed by atoms with E-state index >= 15 is 0 Å². The molecule has 0 fully saturated rings. The summed E-state index contributed by atoms with van der Waals surface area (Å²) in [5.41, 5.74) is 2.53. The third kappa shape index (κ3) is 2.29. The van der Waals surface area contributed by atoms with Gasteiger partial charge in [-0.2, -0.15) is 0 Å². The van der Waals surface area contributed by atoms with Crippen LogP contribution in [-0.2, 0) is 6.42 Å². The van der Waals surface area contributed by atoms with Crippen LogP contribution in [0.1, 0.15) is 47.8 Å². The maximum absolute atomic E-state index is 11.8. The zero-order valence-electron chi connectivity index (χ0n) is 11.8. The molecule has 1 heterocycles. The molecule has 0 saturated carbocycles. The van der Waals surface area contributed by atoms with E-state index in [2.05, 4.69) is 18.8 Å². The lowest BCUT2D eigenvalue weighted by Gasteiger charge is -2.29. The minimum atomic E-state index is -0.946. The molecule has 2 atom stereocenters. The summed E-state index contributed by atoms with van der Waals surface area (Å²) in [4.78, 5) is 16.5. The van der Waals surface area contributed by atoms with Crippen LogP contribution >= 0.6 is 23.2 Å².